The normalized spacial score (nSPS) is 24.2. The van der Waals surface area contributed by atoms with Crippen molar-refractivity contribution in [2.45, 2.75) is 38.4 Å². The van der Waals surface area contributed by atoms with Crippen LogP contribution in [0, 0.1) is 18.3 Å². The third-order valence-electron chi connectivity index (χ3n) is 4.91. The largest absolute Gasteiger partial charge is 0.328 e. The van der Waals surface area contributed by atoms with Crippen LogP contribution in [0.2, 0.25) is 0 Å². The molecule has 1 aromatic carbocycles. The molecule has 130 valence electrons. The molecule has 1 aliphatic carbocycles. The molecule has 1 aliphatic heterocycles. The lowest BCUT2D eigenvalue weighted by Gasteiger charge is -2.40. The Morgan fingerprint density at radius 2 is 2.00 bits per heavy atom. The number of hydrogen-bond donors (Lipinski definition) is 1. The van der Waals surface area contributed by atoms with Gasteiger partial charge in [-0.3, -0.25) is 4.79 Å². The van der Waals surface area contributed by atoms with Crippen molar-refractivity contribution >= 4 is 23.5 Å². The van der Waals surface area contributed by atoms with E-state index in [-0.39, 0.29) is 23.2 Å². The average molecular weight is 354 g/mol. The molecule has 0 fully saturated rings. The summed E-state index contributed by atoms with van der Waals surface area (Å²) in [5.74, 6) is 0.731. The first kappa shape index (κ1) is 16.4. The topological polar surface area (TPSA) is 59.8 Å². The number of benzene rings is 1. The van der Waals surface area contributed by atoms with Crippen LogP contribution in [0.25, 0.3) is 0 Å². The van der Waals surface area contributed by atoms with Gasteiger partial charge in [0.05, 0.1) is 12.0 Å². The van der Waals surface area contributed by atoms with Crippen LogP contribution in [0.4, 0.5) is 5.95 Å². The zero-order valence-corrected chi connectivity index (χ0v) is 15.7. The highest BCUT2D eigenvalue weighted by Crippen LogP contribution is 2.45. The van der Waals surface area contributed by atoms with E-state index < -0.39 is 0 Å². The number of Topliss-reactive ketones (excluding diaryl/α,β-unsaturated/α-hetero) is 1. The van der Waals surface area contributed by atoms with Crippen molar-refractivity contribution in [1.82, 2.24) is 14.8 Å². The molecule has 5 nitrogen and oxygen atoms in total. The number of aromatic nitrogens is 3. The molecule has 1 N–H and O–H groups in total. The van der Waals surface area contributed by atoms with Crippen molar-refractivity contribution in [2.75, 3.05) is 11.6 Å². The van der Waals surface area contributed by atoms with E-state index in [9.17, 15) is 4.79 Å². The Hall–Kier alpha value is -2.08. The average Bonchev–Trinajstić information content (AvgIpc) is 2.95. The van der Waals surface area contributed by atoms with Crippen molar-refractivity contribution in [3.05, 3.63) is 47.2 Å². The first-order valence-corrected chi connectivity index (χ1v) is 9.70. The maximum Gasteiger partial charge on any atom is 0.227 e. The molecule has 0 amide bonds. The highest BCUT2D eigenvalue weighted by Gasteiger charge is 2.44. The highest BCUT2D eigenvalue weighted by atomic mass is 32.2. The van der Waals surface area contributed by atoms with Crippen molar-refractivity contribution in [3.8, 4) is 0 Å². The number of aryl methyl sites for hydroxylation is 1. The van der Waals surface area contributed by atoms with Gasteiger partial charge < -0.3 is 5.32 Å². The van der Waals surface area contributed by atoms with Gasteiger partial charge in [0.2, 0.25) is 11.1 Å². The summed E-state index contributed by atoms with van der Waals surface area (Å²) in [6.45, 7) is 6.27. The van der Waals surface area contributed by atoms with E-state index in [1.165, 1.54) is 17.3 Å². The van der Waals surface area contributed by atoms with Gasteiger partial charge in [0.25, 0.3) is 0 Å². The lowest BCUT2D eigenvalue weighted by Crippen LogP contribution is -2.42. The van der Waals surface area contributed by atoms with Crippen LogP contribution in [0.3, 0.4) is 0 Å². The van der Waals surface area contributed by atoms with Crippen LogP contribution in [-0.4, -0.2) is 26.8 Å². The smallest absolute Gasteiger partial charge is 0.227 e. The van der Waals surface area contributed by atoms with E-state index in [1.54, 1.807) is 0 Å². The minimum Gasteiger partial charge on any atom is -0.328 e. The number of allylic oxidation sites excluding steroid dienone is 2. The van der Waals surface area contributed by atoms with Gasteiger partial charge in [0.1, 0.15) is 5.78 Å². The van der Waals surface area contributed by atoms with Gasteiger partial charge in [-0.25, -0.2) is 4.68 Å². The van der Waals surface area contributed by atoms with Crippen molar-refractivity contribution in [3.63, 3.8) is 0 Å². The Morgan fingerprint density at radius 1 is 1.28 bits per heavy atom. The maximum absolute atomic E-state index is 13.0. The zero-order valence-electron chi connectivity index (χ0n) is 14.9. The van der Waals surface area contributed by atoms with E-state index >= 15 is 0 Å². The van der Waals surface area contributed by atoms with Crippen LogP contribution >= 0.6 is 11.8 Å². The molecular formula is C19H22N4OS. The quantitative estimate of drug-likeness (QED) is 0.831. The molecule has 2 heterocycles. The molecule has 25 heavy (non-hydrogen) atoms. The van der Waals surface area contributed by atoms with Crippen molar-refractivity contribution < 1.29 is 4.79 Å². The summed E-state index contributed by atoms with van der Waals surface area (Å²) in [6, 6.07) is 8.22. The zero-order chi connectivity index (χ0) is 17.8. The van der Waals surface area contributed by atoms with Crippen LogP contribution in [0.15, 0.2) is 41.2 Å². The van der Waals surface area contributed by atoms with Crippen LogP contribution < -0.4 is 5.32 Å². The predicted octanol–water partition coefficient (Wildman–Crippen LogP) is 3.82. The summed E-state index contributed by atoms with van der Waals surface area (Å²) >= 11 is 1.51. The fourth-order valence-electron chi connectivity index (χ4n) is 3.79. The predicted molar refractivity (Wildman–Crippen MR) is 99.7 cm³/mol. The van der Waals surface area contributed by atoms with Gasteiger partial charge in [0.15, 0.2) is 0 Å². The number of carbonyl (C=O) groups excluding carboxylic acids is 1. The Morgan fingerprint density at radius 3 is 2.68 bits per heavy atom. The monoisotopic (exact) mass is 354 g/mol. The third kappa shape index (κ3) is 2.78. The van der Waals surface area contributed by atoms with Gasteiger partial charge in [-0.2, -0.15) is 4.98 Å². The summed E-state index contributed by atoms with van der Waals surface area (Å²) in [7, 11) is 0. The second-order valence-electron chi connectivity index (χ2n) is 7.56. The summed E-state index contributed by atoms with van der Waals surface area (Å²) in [5.41, 5.74) is 3.11. The highest BCUT2D eigenvalue weighted by molar-refractivity contribution is 7.98. The SMILES string of the molecule is CSc1nc2n(n1)[C@H](c1ccc(C)cc1)[C@H]1C(=O)CC(C)(C)C=C1N2. The summed E-state index contributed by atoms with van der Waals surface area (Å²) in [5, 5.41) is 8.72. The number of anilines is 1. The Labute approximate surface area is 151 Å². The van der Waals surface area contributed by atoms with E-state index in [1.807, 2.05) is 10.9 Å². The molecule has 0 saturated carbocycles. The number of ketones is 1. The van der Waals surface area contributed by atoms with Crippen LogP contribution in [0.1, 0.15) is 37.4 Å². The fraction of sp³-hybridized carbons (Fsp3) is 0.421. The fourth-order valence-corrected chi connectivity index (χ4v) is 4.14. The van der Waals surface area contributed by atoms with Gasteiger partial charge in [-0.15, -0.1) is 5.10 Å². The number of nitrogens with zero attached hydrogens (tertiary/aromatic N) is 3. The first-order valence-electron chi connectivity index (χ1n) is 8.47. The van der Waals surface area contributed by atoms with Gasteiger partial charge >= 0.3 is 0 Å². The maximum atomic E-state index is 13.0. The molecule has 0 bridgehead atoms. The van der Waals surface area contributed by atoms with Crippen molar-refractivity contribution in [2.24, 2.45) is 11.3 Å². The minimum atomic E-state index is -0.236. The van der Waals surface area contributed by atoms with E-state index in [2.05, 4.69) is 66.5 Å². The number of hydrogen-bond acceptors (Lipinski definition) is 5. The molecule has 0 spiro atoms. The molecule has 0 unspecified atom stereocenters. The minimum absolute atomic E-state index is 0.141. The number of fused-ring (bicyclic) bond motifs is 2. The third-order valence-corrected chi connectivity index (χ3v) is 5.44. The second kappa shape index (κ2) is 5.73. The second-order valence-corrected chi connectivity index (χ2v) is 8.33. The van der Waals surface area contributed by atoms with E-state index in [0.717, 1.165) is 11.3 Å². The molecule has 1 aromatic heterocycles. The van der Waals surface area contributed by atoms with Gasteiger partial charge in [0, 0.05) is 12.1 Å². The lowest BCUT2D eigenvalue weighted by molar-refractivity contribution is -0.125. The Bertz CT molecular complexity index is 866. The van der Waals surface area contributed by atoms with E-state index in [0.29, 0.717) is 17.5 Å². The molecule has 4 rings (SSSR count). The molecule has 2 atom stereocenters. The molecule has 0 saturated heterocycles. The summed E-state index contributed by atoms with van der Waals surface area (Å²) in [6.07, 6.45) is 4.70. The summed E-state index contributed by atoms with van der Waals surface area (Å²) < 4.78 is 1.88. The number of thioether (sulfide) groups is 1. The number of nitrogens with one attached hydrogen (secondary N) is 1. The first-order chi connectivity index (χ1) is 11.9. The van der Waals surface area contributed by atoms with Crippen molar-refractivity contribution in [1.29, 1.82) is 0 Å². The molecule has 0 radical (unpaired) electrons. The van der Waals surface area contributed by atoms with Gasteiger partial charge in [-0.1, -0.05) is 61.5 Å². The molecular weight excluding hydrogens is 332 g/mol. The van der Waals surface area contributed by atoms with E-state index in [4.69, 9.17) is 0 Å². The van der Waals surface area contributed by atoms with Crippen LogP contribution in [-0.2, 0) is 4.79 Å². The van der Waals surface area contributed by atoms with Gasteiger partial charge in [-0.05, 0) is 24.2 Å². The summed E-state index contributed by atoms with van der Waals surface area (Å²) in [4.78, 5) is 17.6. The molecule has 2 aliphatic rings. The standard InChI is InChI=1S/C19H22N4OS/c1-11-5-7-12(8-6-11)16-15-13(9-19(2,3)10-14(15)24)20-17-21-18(25-4)22-23(16)17/h5-9,15-16H,10H2,1-4H3,(H,20,21,22)/t15-,16-/m1/s1. The molecule has 2 aromatic rings. The van der Waals surface area contributed by atoms with Crippen LogP contribution in [0.5, 0.6) is 0 Å². The number of carbonyl (C=O) groups is 1. The Kier molecular flexibility index (Phi) is 3.76. The Balaban J connectivity index is 1.90. The lowest BCUT2D eigenvalue weighted by atomic mass is 9.72. The molecule has 6 heteroatoms. The number of rotatable bonds is 2.